The van der Waals surface area contributed by atoms with Crippen molar-refractivity contribution in [2.45, 2.75) is 0 Å². The van der Waals surface area contributed by atoms with Crippen LogP contribution >= 0.6 is 0 Å². The SMILES string of the molecule is C#CCOC(=O)C(=[N+]=[N-])C(=O)OC. The van der Waals surface area contributed by atoms with Crippen molar-refractivity contribution in [2.75, 3.05) is 13.7 Å². The van der Waals surface area contributed by atoms with E-state index in [0.717, 1.165) is 7.11 Å². The Bertz CT molecular complexity index is 309. The fourth-order valence-electron chi connectivity index (χ4n) is 0.437. The van der Waals surface area contributed by atoms with Crippen molar-refractivity contribution in [3.05, 3.63) is 5.53 Å². The Morgan fingerprint density at radius 2 is 2.15 bits per heavy atom. The first-order valence-electron chi connectivity index (χ1n) is 3.08. The van der Waals surface area contributed by atoms with Gasteiger partial charge in [0.1, 0.15) is 0 Å². The Balaban J connectivity index is 4.46. The third-order valence-electron chi connectivity index (χ3n) is 0.959. The highest BCUT2D eigenvalue weighted by Crippen LogP contribution is 1.84. The average molecular weight is 182 g/mol. The first-order valence-corrected chi connectivity index (χ1v) is 3.08. The molecule has 68 valence electrons. The minimum Gasteiger partial charge on any atom is -0.460 e. The van der Waals surface area contributed by atoms with Gasteiger partial charge in [-0.2, -0.15) is 4.79 Å². The molecule has 0 aliphatic carbocycles. The van der Waals surface area contributed by atoms with Gasteiger partial charge in [-0.25, -0.2) is 9.59 Å². The number of methoxy groups -OCH3 is 1. The van der Waals surface area contributed by atoms with Crippen molar-refractivity contribution in [1.82, 2.24) is 0 Å². The molecule has 13 heavy (non-hydrogen) atoms. The monoisotopic (exact) mass is 182 g/mol. The van der Waals surface area contributed by atoms with Crippen LogP contribution in [0.15, 0.2) is 0 Å². The Labute approximate surface area is 74.1 Å². The maximum Gasteiger partial charge on any atom is 0.482 e. The standard InChI is InChI=1S/C7H6N2O4/c1-3-4-13-7(11)5(9-8)6(10)12-2/h1H,4H2,2H3. The second-order valence-corrected chi connectivity index (χ2v) is 1.72. The van der Waals surface area contributed by atoms with Gasteiger partial charge >= 0.3 is 17.7 Å². The summed E-state index contributed by atoms with van der Waals surface area (Å²) in [5.41, 5.74) is 7.38. The maximum atomic E-state index is 10.8. The van der Waals surface area contributed by atoms with Gasteiger partial charge < -0.3 is 15.0 Å². The summed E-state index contributed by atoms with van der Waals surface area (Å²) in [6.45, 7) is -0.311. The smallest absolute Gasteiger partial charge is 0.460 e. The molecule has 0 aromatic carbocycles. The van der Waals surface area contributed by atoms with Crippen LogP contribution in [-0.4, -0.2) is 36.2 Å². The Morgan fingerprint density at radius 1 is 1.54 bits per heavy atom. The number of ether oxygens (including phenoxy) is 2. The molecule has 0 aliphatic rings. The van der Waals surface area contributed by atoms with E-state index in [0.29, 0.717) is 0 Å². The van der Waals surface area contributed by atoms with Crippen LogP contribution in [0.25, 0.3) is 5.53 Å². The van der Waals surface area contributed by atoms with Gasteiger partial charge in [0.25, 0.3) is 0 Å². The molecule has 0 atom stereocenters. The number of esters is 2. The van der Waals surface area contributed by atoms with Crippen LogP contribution in [0.2, 0.25) is 0 Å². The zero-order chi connectivity index (χ0) is 10.3. The molecule has 0 spiro atoms. The summed E-state index contributed by atoms with van der Waals surface area (Å²) in [6.07, 6.45) is 4.78. The molecule has 0 unspecified atom stereocenters. The highest BCUT2D eigenvalue weighted by atomic mass is 16.5. The highest BCUT2D eigenvalue weighted by molar-refractivity contribution is 6.60. The van der Waals surface area contributed by atoms with E-state index in [2.05, 4.69) is 14.3 Å². The molecule has 0 N–H and O–H groups in total. The minimum absolute atomic E-state index is 0.311. The largest absolute Gasteiger partial charge is 0.482 e. The summed E-state index contributed by atoms with van der Waals surface area (Å²) < 4.78 is 8.42. The van der Waals surface area contributed by atoms with Crippen LogP contribution in [0.4, 0.5) is 0 Å². The summed E-state index contributed by atoms with van der Waals surface area (Å²) in [6, 6.07) is 0. The Morgan fingerprint density at radius 3 is 2.54 bits per heavy atom. The normalized spacial score (nSPS) is 7.69. The molecule has 0 aromatic rings. The van der Waals surface area contributed by atoms with E-state index in [1.807, 2.05) is 5.92 Å². The van der Waals surface area contributed by atoms with Crippen LogP contribution in [-0.2, 0) is 19.1 Å². The van der Waals surface area contributed by atoms with Crippen LogP contribution in [0.3, 0.4) is 0 Å². The van der Waals surface area contributed by atoms with E-state index < -0.39 is 17.7 Å². The molecule has 0 aliphatic heterocycles. The molecule has 0 bridgehead atoms. The van der Waals surface area contributed by atoms with Crippen molar-refractivity contribution in [3.63, 3.8) is 0 Å². The molecular formula is C7H6N2O4. The second kappa shape index (κ2) is 5.52. The lowest BCUT2D eigenvalue weighted by Crippen LogP contribution is -2.28. The quantitative estimate of drug-likeness (QED) is 0.140. The lowest BCUT2D eigenvalue weighted by atomic mass is 10.4. The van der Waals surface area contributed by atoms with E-state index >= 15 is 0 Å². The third-order valence-corrected chi connectivity index (χ3v) is 0.959. The van der Waals surface area contributed by atoms with E-state index in [1.165, 1.54) is 0 Å². The molecule has 0 aromatic heterocycles. The van der Waals surface area contributed by atoms with Crippen LogP contribution < -0.4 is 0 Å². The molecular weight excluding hydrogens is 176 g/mol. The Hall–Kier alpha value is -2.12. The molecule has 0 heterocycles. The van der Waals surface area contributed by atoms with Crippen molar-refractivity contribution in [3.8, 4) is 12.3 Å². The predicted molar refractivity (Wildman–Crippen MR) is 40.4 cm³/mol. The average Bonchev–Trinajstić information content (AvgIpc) is 2.15. The first kappa shape index (κ1) is 10.9. The number of carbonyl (C=O) groups excluding carboxylic acids is 2. The molecule has 0 amide bonds. The van der Waals surface area contributed by atoms with Gasteiger partial charge in [0, 0.05) is 0 Å². The fraction of sp³-hybridized carbons (Fsp3) is 0.286. The molecule has 0 saturated carbocycles. The van der Waals surface area contributed by atoms with Gasteiger partial charge in [-0.1, -0.05) is 5.92 Å². The van der Waals surface area contributed by atoms with Gasteiger partial charge in [-0.05, 0) is 0 Å². The second-order valence-electron chi connectivity index (χ2n) is 1.72. The Kier molecular flexibility index (Phi) is 4.62. The number of hydrogen-bond donors (Lipinski definition) is 0. The van der Waals surface area contributed by atoms with Crippen molar-refractivity contribution in [1.29, 1.82) is 0 Å². The molecule has 0 radical (unpaired) electrons. The van der Waals surface area contributed by atoms with E-state index in [4.69, 9.17) is 12.0 Å². The fourth-order valence-corrected chi connectivity index (χ4v) is 0.437. The highest BCUT2D eigenvalue weighted by Gasteiger charge is 2.32. The van der Waals surface area contributed by atoms with Gasteiger partial charge in [-0.15, -0.1) is 6.42 Å². The molecule has 0 saturated heterocycles. The topological polar surface area (TPSA) is 89.0 Å². The van der Waals surface area contributed by atoms with Gasteiger partial charge in [-0.3, -0.25) is 0 Å². The first-order chi connectivity index (χ1) is 6.17. The summed E-state index contributed by atoms with van der Waals surface area (Å²) in [5, 5.41) is 0. The summed E-state index contributed by atoms with van der Waals surface area (Å²) >= 11 is 0. The van der Waals surface area contributed by atoms with Gasteiger partial charge in [0.2, 0.25) is 0 Å². The van der Waals surface area contributed by atoms with E-state index in [1.54, 1.807) is 0 Å². The zero-order valence-corrected chi connectivity index (χ0v) is 6.81. The van der Waals surface area contributed by atoms with Crippen molar-refractivity contribution in [2.24, 2.45) is 0 Å². The van der Waals surface area contributed by atoms with Gasteiger partial charge in [0.05, 0.1) is 7.11 Å². The lowest BCUT2D eigenvalue weighted by Gasteiger charge is -1.94. The van der Waals surface area contributed by atoms with E-state index in [-0.39, 0.29) is 6.61 Å². The molecule has 0 rings (SSSR count). The van der Waals surface area contributed by atoms with Crippen molar-refractivity contribution < 1.29 is 23.9 Å². The number of carbonyl (C=O) groups is 2. The number of rotatable bonds is 3. The number of hydrogen-bond acceptors (Lipinski definition) is 4. The predicted octanol–water partition coefficient (Wildman–Crippen LogP) is -0.993. The van der Waals surface area contributed by atoms with Crippen molar-refractivity contribution >= 4 is 17.7 Å². The van der Waals surface area contributed by atoms with E-state index in [9.17, 15) is 9.59 Å². The third kappa shape index (κ3) is 3.18. The number of nitrogens with zero attached hydrogens (tertiary/aromatic N) is 2. The number of terminal acetylenes is 1. The van der Waals surface area contributed by atoms with Crippen LogP contribution in [0.1, 0.15) is 0 Å². The van der Waals surface area contributed by atoms with Gasteiger partial charge in [0.15, 0.2) is 6.61 Å². The summed E-state index contributed by atoms with van der Waals surface area (Å²) in [4.78, 5) is 23.9. The lowest BCUT2D eigenvalue weighted by molar-refractivity contribution is -0.146. The minimum atomic E-state index is -1.13. The molecule has 6 nitrogen and oxygen atoms in total. The van der Waals surface area contributed by atoms with Crippen LogP contribution in [0.5, 0.6) is 0 Å². The summed E-state index contributed by atoms with van der Waals surface area (Å²) in [7, 11) is 1.03. The summed E-state index contributed by atoms with van der Waals surface area (Å²) in [5.74, 6) is -0.222. The zero-order valence-electron chi connectivity index (χ0n) is 6.81. The molecule has 6 heteroatoms. The molecule has 0 fully saturated rings. The maximum absolute atomic E-state index is 10.8. The van der Waals surface area contributed by atoms with Crippen LogP contribution in [0, 0.1) is 12.3 Å².